The van der Waals surface area contributed by atoms with E-state index in [0.29, 0.717) is 5.91 Å². The van der Waals surface area contributed by atoms with Crippen LogP contribution in [0.1, 0.15) is 32.1 Å². The van der Waals surface area contributed by atoms with Crippen LogP contribution in [0, 0.1) is 5.92 Å². The number of hydrogen-bond donors (Lipinski definition) is 0. The first kappa shape index (κ1) is 12.4. The van der Waals surface area contributed by atoms with Gasteiger partial charge in [0.1, 0.15) is 0 Å². The van der Waals surface area contributed by atoms with E-state index in [1.54, 1.807) is 6.34 Å². The van der Waals surface area contributed by atoms with Gasteiger partial charge in [0, 0.05) is 0 Å². The number of rotatable bonds is 1. The molecule has 3 aliphatic rings. The Balaban J connectivity index is 2.01. The van der Waals surface area contributed by atoms with Crippen molar-refractivity contribution in [2.75, 3.05) is 4.93 Å². The first-order chi connectivity index (χ1) is 8.81. The second-order valence-electron chi connectivity index (χ2n) is 5.02. The van der Waals surface area contributed by atoms with E-state index in [1.807, 2.05) is 3.11 Å². The quantitative estimate of drug-likeness (QED) is 0.347. The van der Waals surface area contributed by atoms with Crippen molar-refractivity contribution in [1.82, 2.24) is 3.11 Å². The fraction of sp³-hybridized carbons (Fsp3) is 0.571. The van der Waals surface area contributed by atoms with Crippen LogP contribution in [0.2, 0.25) is 0 Å². The molecule has 0 aromatic heterocycles. The molecule has 98 valence electrons. The van der Waals surface area contributed by atoms with Crippen LogP contribution in [0.3, 0.4) is 0 Å². The summed E-state index contributed by atoms with van der Waals surface area (Å²) in [6.45, 7) is 0. The Morgan fingerprint density at radius 2 is 2.33 bits per heavy atom. The Bertz CT molecular complexity index is 453. The van der Waals surface area contributed by atoms with Gasteiger partial charge in [-0.15, -0.1) is 0 Å². The van der Waals surface area contributed by atoms with E-state index in [-0.39, 0.29) is 33.4 Å². The molecule has 18 heavy (non-hydrogen) atoms. The predicted octanol–water partition coefficient (Wildman–Crippen LogP) is -0.694. The Hall–Kier alpha value is -0.650. The molecule has 2 aliphatic carbocycles. The maximum atomic E-state index is 12.6. The second-order valence-corrected chi connectivity index (χ2v) is 7.02. The third-order valence-electron chi connectivity index (χ3n) is 4.03. The molecule has 0 aromatic carbocycles. The number of allylic oxidation sites excluding steroid dienone is 3. The average Bonchev–Trinajstić information content (AvgIpc) is 2.58. The Kier molecular flexibility index (Phi) is 3.54. The molecule has 0 fully saturated rings. The van der Waals surface area contributed by atoms with Gasteiger partial charge in [-0.25, -0.2) is 0 Å². The molecule has 0 saturated carbocycles. The van der Waals surface area contributed by atoms with Crippen LogP contribution < -0.4 is 21.5 Å². The number of nitrogens with zero attached hydrogens (tertiary/aromatic N) is 2. The van der Waals surface area contributed by atoms with E-state index in [0.717, 1.165) is 25.7 Å². The monoisotopic (exact) mass is 357 g/mol. The zero-order chi connectivity index (χ0) is 12.5. The molecular formula is C14H18IN2O-. The molecule has 3 rings (SSSR count). The molecule has 0 spiro atoms. The van der Waals surface area contributed by atoms with Gasteiger partial charge in [0.25, 0.3) is 0 Å². The first-order valence-electron chi connectivity index (χ1n) is 6.56. The predicted molar refractivity (Wildman–Crippen MR) is 67.8 cm³/mol. The number of amides is 1. The van der Waals surface area contributed by atoms with Crippen LogP contribution in [0.4, 0.5) is 0 Å². The average molecular weight is 357 g/mol. The number of alkyl halides is 1. The summed E-state index contributed by atoms with van der Waals surface area (Å²) in [4.78, 5) is 19.4. The summed E-state index contributed by atoms with van der Waals surface area (Å²) in [6, 6.07) is 0.194. The summed E-state index contributed by atoms with van der Waals surface area (Å²) in [7, 11) is 0. The van der Waals surface area contributed by atoms with Gasteiger partial charge in [0.15, 0.2) is 0 Å². The van der Waals surface area contributed by atoms with E-state index in [4.69, 9.17) is 0 Å². The van der Waals surface area contributed by atoms with Crippen molar-refractivity contribution < 1.29 is 26.3 Å². The fourth-order valence-electron chi connectivity index (χ4n) is 3.14. The minimum atomic E-state index is -0.235. The summed E-state index contributed by atoms with van der Waals surface area (Å²) in [5.41, 5.74) is 2.82. The number of aliphatic imine (C=N–C) groups is 1. The molecule has 1 heterocycles. The van der Waals surface area contributed by atoms with Gasteiger partial charge in [-0.3, -0.25) is 0 Å². The summed E-state index contributed by atoms with van der Waals surface area (Å²) < 4.78 is 1.87. The molecule has 0 N–H and O–H groups in total. The normalized spacial score (nSPS) is 31.4. The third kappa shape index (κ3) is 2.04. The van der Waals surface area contributed by atoms with Crippen LogP contribution in [-0.4, -0.2) is 26.3 Å². The summed E-state index contributed by atoms with van der Waals surface area (Å²) in [6.07, 6.45) is 11.9. The number of fused-ring (bicyclic) bond motifs is 2. The van der Waals surface area contributed by atoms with Crippen molar-refractivity contribution in [3.05, 3.63) is 23.3 Å². The van der Waals surface area contributed by atoms with Gasteiger partial charge in [0.2, 0.25) is 0 Å². The molecule has 0 bridgehead atoms. The first-order valence-corrected chi connectivity index (χ1v) is 9.68. The van der Waals surface area contributed by atoms with Crippen LogP contribution in [0.25, 0.3) is 0 Å². The van der Waals surface area contributed by atoms with Crippen molar-refractivity contribution >= 4 is 12.2 Å². The molecule has 1 aliphatic heterocycles. The van der Waals surface area contributed by atoms with Crippen LogP contribution in [-0.2, 0) is 4.79 Å². The van der Waals surface area contributed by atoms with Crippen molar-refractivity contribution in [1.29, 1.82) is 0 Å². The number of carbonyl (C=O) groups is 1. The molecule has 0 aromatic rings. The van der Waals surface area contributed by atoms with Crippen molar-refractivity contribution in [2.24, 2.45) is 10.9 Å². The molecule has 4 heteroatoms. The van der Waals surface area contributed by atoms with E-state index in [9.17, 15) is 4.79 Å². The standard InChI is InChI=1S/C14H18IN2O/c1-15-17-9-16-12-8-4-6-10-5-2-3-7-11(10)13(12)14(17)18/h3,7,9,12-13H,2,4-6,8H2,1H3/q-1. The van der Waals surface area contributed by atoms with Gasteiger partial charge < -0.3 is 0 Å². The maximum absolute atomic E-state index is 12.6. The SMILES string of the molecule is C[I-]N1C=NC2CCCC3=C(C=CCC3)C2C1=O. The fourth-order valence-corrected chi connectivity index (χ4v) is 4.31. The molecule has 0 radical (unpaired) electrons. The van der Waals surface area contributed by atoms with Gasteiger partial charge in [-0.2, -0.15) is 0 Å². The number of carbonyl (C=O) groups excluding carboxylic acids is 1. The van der Waals surface area contributed by atoms with Gasteiger partial charge in [-0.05, 0) is 0 Å². The summed E-state index contributed by atoms with van der Waals surface area (Å²) in [5.74, 6) is 0.315. The van der Waals surface area contributed by atoms with E-state index in [1.165, 1.54) is 17.6 Å². The number of hydrogen-bond acceptors (Lipinski definition) is 2. The summed E-state index contributed by atoms with van der Waals surface area (Å²) >= 11 is -0.235. The van der Waals surface area contributed by atoms with Crippen molar-refractivity contribution in [2.45, 2.75) is 38.1 Å². The third-order valence-corrected chi connectivity index (χ3v) is 5.80. The molecule has 2 atom stereocenters. The Morgan fingerprint density at radius 3 is 3.17 bits per heavy atom. The van der Waals surface area contributed by atoms with E-state index < -0.39 is 0 Å². The molecule has 1 amide bonds. The van der Waals surface area contributed by atoms with Gasteiger partial charge in [0.05, 0.1) is 0 Å². The van der Waals surface area contributed by atoms with Crippen molar-refractivity contribution in [3.8, 4) is 0 Å². The summed E-state index contributed by atoms with van der Waals surface area (Å²) in [5, 5.41) is 0. The second kappa shape index (κ2) is 5.15. The van der Waals surface area contributed by atoms with Gasteiger partial charge in [-0.1, -0.05) is 0 Å². The van der Waals surface area contributed by atoms with Crippen LogP contribution in [0.5, 0.6) is 0 Å². The van der Waals surface area contributed by atoms with Crippen LogP contribution >= 0.6 is 0 Å². The Morgan fingerprint density at radius 1 is 1.44 bits per heavy atom. The Labute approximate surface area is 119 Å². The molecule has 3 nitrogen and oxygen atoms in total. The zero-order valence-corrected chi connectivity index (χ0v) is 12.8. The molecular weight excluding hydrogens is 339 g/mol. The topological polar surface area (TPSA) is 32.7 Å². The van der Waals surface area contributed by atoms with E-state index >= 15 is 0 Å². The van der Waals surface area contributed by atoms with Crippen LogP contribution in [0.15, 0.2) is 28.3 Å². The molecule has 2 unspecified atom stereocenters. The minimum absolute atomic E-state index is 0.0173. The van der Waals surface area contributed by atoms with Gasteiger partial charge >= 0.3 is 119 Å². The zero-order valence-electron chi connectivity index (χ0n) is 10.6. The van der Waals surface area contributed by atoms with E-state index in [2.05, 4.69) is 22.1 Å². The number of halogens is 1. The van der Waals surface area contributed by atoms with Crippen molar-refractivity contribution in [3.63, 3.8) is 0 Å². The molecule has 0 saturated heterocycles.